The van der Waals surface area contributed by atoms with Crippen LogP contribution in [-0.4, -0.2) is 25.8 Å². The van der Waals surface area contributed by atoms with Crippen LogP contribution in [-0.2, 0) is 7.05 Å². The molecule has 0 saturated heterocycles. The van der Waals surface area contributed by atoms with Crippen molar-refractivity contribution >= 4 is 23.4 Å². The molecule has 2 N–H and O–H groups in total. The van der Waals surface area contributed by atoms with E-state index in [4.69, 9.17) is 4.74 Å². The van der Waals surface area contributed by atoms with E-state index in [9.17, 15) is 9.18 Å². The first-order valence-corrected chi connectivity index (χ1v) is 7.34. The number of pyridine rings is 2. The Hall–Kier alpha value is -3.49. The molecule has 0 aliphatic rings. The van der Waals surface area contributed by atoms with E-state index in [1.807, 2.05) is 0 Å². The summed E-state index contributed by atoms with van der Waals surface area (Å²) < 4.78 is 19.7. The van der Waals surface area contributed by atoms with E-state index in [1.54, 1.807) is 43.0 Å². The van der Waals surface area contributed by atoms with Crippen LogP contribution in [0.2, 0.25) is 0 Å². The standard InChI is InChI=1S/C16H15FN6O2/c1-10-3-5-12(21-14-7-8-19-23(14)2)15(20-10)25-16(24)22-13-6-4-11(17)9-18-13/h3-9,21H,1-2H3,(H,18,22,24). The summed E-state index contributed by atoms with van der Waals surface area (Å²) >= 11 is 0. The lowest BCUT2D eigenvalue weighted by Gasteiger charge is -2.12. The number of nitrogens with zero attached hydrogens (tertiary/aromatic N) is 4. The van der Waals surface area contributed by atoms with Crippen LogP contribution in [0.1, 0.15) is 5.69 Å². The van der Waals surface area contributed by atoms with Crippen LogP contribution in [0.5, 0.6) is 5.88 Å². The van der Waals surface area contributed by atoms with Crippen molar-refractivity contribution in [3.05, 3.63) is 54.2 Å². The molecule has 0 bridgehead atoms. The molecule has 0 spiro atoms. The number of hydrogen-bond acceptors (Lipinski definition) is 6. The van der Waals surface area contributed by atoms with Crippen molar-refractivity contribution in [3.8, 4) is 5.88 Å². The Morgan fingerprint density at radius 1 is 1.24 bits per heavy atom. The van der Waals surface area contributed by atoms with Crippen LogP contribution < -0.4 is 15.4 Å². The molecule has 25 heavy (non-hydrogen) atoms. The Bertz CT molecular complexity index is 894. The first-order valence-electron chi connectivity index (χ1n) is 7.34. The van der Waals surface area contributed by atoms with Gasteiger partial charge < -0.3 is 10.1 Å². The second-order valence-electron chi connectivity index (χ2n) is 5.15. The zero-order chi connectivity index (χ0) is 17.8. The summed E-state index contributed by atoms with van der Waals surface area (Å²) in [5.74, 6) is 0.471. The number of aryl methyl sites for hydroxylation is 2. The van der Waals surface area contributed by atoms with Crippen molar-refractivity contribution in [2.75, 3.05) is 10.6 Å². The molecule has 8 nitrogen and oxygen atoms in total. The fourth-order valence-corrected chi connectivity index (χ4v) is 2.01. The zero-order valence-electron chi connectivity index (χ0n) is 13.5. The van der Waals surface area contributed by atoms with E-state index in [0.29, 0.717) is 17.2 Å². The van der Waals surface area contributed by atoms with Gasteiger partial charge in [0.2, 0.25) is 5.88 Å². The molecule has 1 amide bonds. The fraction of sp³-hybridized carbons (Fsp3) is 0.125. The molecule has 0 unspecified atom stereocenters. The number of rotatable bonds is 4. The van der Waals surface area contributed by atoms with Crippen LogP contribution in [0.15, 0.2) is 42.7 Å². The Kier molecular flexibility index (Phi) is 4.55. The first-order chi connectivity index (χ1) is 12.0. The normalized spacial score (nSPS) is 10.4. The third kappa shape index (κ3) is 4.08. The van der Waals surface area contributed by atoms with Crippen LogP contribution in [0.3, 0.4) is 0 Å². The van der Waals surface area contributed by atoms with Gasteiger partial charge in [-0.05, 0) is 31.2 Å². The average molecular weight is 342 g/mol. The monoisotopic (exact) mass is 342 g/mol. The second kappa shape index (κ2) is 6.95. The third-order valence-corrected chi connectivity index (χ3v) is 3.23. The van der Waals surface area contributed by atoms with E-state index in [-0.39, 0.29) is 11.7 Å². The number of hydrogen-bond donors (Lipinski definition) is 2. The average Bonchev–Trinajstić information content (AvgIpc) is 2.97. The minimum absolute atomic E-state index is 0.0980. The number of aromatic nitrogens is 4. The van der Waals surface area contributed by atoms with E-state index >= 15 is 0 Å². The van der Waals surface area contributed by atoms with Crippen molar-refractivity contribution in [1.82, 2.24) is 19.7 Å². The van der Waals surface area contributed by atoms with Gasteiger partial charge in [-0.15, -0.1) is 0 Å². The minimum atomic E-state index is -0.787. The number of nitrogens with one attached hydrogen (secondary N) is 2. The summed E-state index contributed by atoms with van der Waals surface area (Å²) in [6, 6.07) is 7.81. The highest BCUT2D eigenvalue weighted by Gasteiger charge is 2.13. The van der Waals surface area contributed by atoms with E-state index in [2.05, 4.69) is 25.7 Å². The van der Waals surface area contributed by atoms with Gasteiger partial charge >= 0.3 is 6.09 Å². The smallest absolute Gasteiger partial charge is 0.389 e. The number of carbonyl (C=O) groups is 1. The topological polar surface area (TPSA) is 94.0 Å². The van der Waals surface area contributed by atoms with Gasteiger partial charge in [-0.25, -0.2) is 19.2 Å². The highest BCUT2D eigenvalue weighted by Crippen LogP contribution is 2.26. The Balaban J connectivity index is 1.76. The largest absolute Gasteiger partial charge is 0.419 e. The van der Waals surface area contributed by atoms with Gasteiger partial charge in [-0.1, -0.05) is 0 Å². The number of amides is 1. The fourth-order valence-electron chi connectivity index (χ4n) is 2.01. The molecule has 0 saturated carbocycles. The minimum Gasteiger partial charge on any atom is -0.389 e. The molecule has 0 aliphatic heterocycles. The lowest BCUT2D eigenvalue weighted by atomic mass is 10.3. The molecule has 0 aromatic carbocycles. The zero-order valence-corrected chi connectivity index (χ0v) is 13.5. The molecule has 9 heteroatoms. The van der Waals surface area contributed by atoms with E-state index in [0.717, 1.165) is 6.20 Å². The number of anilines is 3. The third-order valence-electron chi connectivity index (χ3n) is 3.23. The van der Waals surface area contributed by atoms with E-state index in [1.165, 1.54) is 12.1 Å². The van der Waals surface area contributed by atoms with E-state index < -0.39 is 11.9 Å². The quantitative estimate of drug-likeness (QED) is 0.757. The van der Waals surface area contributed by atoms with Gasteiger partial charge in [0, 0.05) is 18.8 Å². The second-order valence-corrected chi connectivity index (χ2v) is 5.15. The molecule has 128 valence electrons. The van der Waals surface area contributed by atoms with Crippen molar-refractivity contribution in [1.29, 1.82) is 0 Å². The van der Waals surface area contributed by atoms with Crippen LogP contribution in [0.4, 0.5) is 26.5 Å². The molecule has 3 heterocycles. The van der Waals surface area contributed by atoms with Crippen LogP contribution in [0, 0.1) is 12.7 Å². The maximum Gasteiger partial charge on any atom is 0.419 e. The van der Waals surface area contributed by atoms with Crippen molar-refractivity contribution in [2.45, 2.75) is 6.92 Å². The molecular weight excluding hydrogens is 327 g/mol. The Labute approximate surface area is 142 Å². The van der Waals surface area contributed by atoms with Gasteiger partial charge in [0.25, 0.3) is 0 Å². The Morgan fingerprint density at radius 3 is 2.76 bits per heavy atom. The summed E-state index contributed by atoms with van der Waals surface area (Å²) in [5.41, 5.74) is 1.18. The SMILES string of the molecule is Cc1ccc(Nc2ccnn2C)c(OC(=O)Nc2ccc(F)cn2)n1. The summed E-state index contributed by atoms with van der Waals surface area (Å²) in [7, 11) is 1.78. The number of carbonyl (C=O) groups excluding carboxylic acids is 1. The molecule has 3 aromatic rings. The maximum absolute atomic E-state index is 12.8. The highest BCUT2D eigenvalue weighted by atomic mass is 19.1. The predicted octanol–water partition coefficient (Wildman–Crippen LogP) is 3.01. The van der Waals surface area contributed by atoms with Crippen molar-refractivity contribution in [2.24, 2.45) is 7.05 Å². The summed E-state index contributed by atoms with van der Waals surface area (Å²) in [5, 5.41) is 9.56. The van der Waals surface area contributed by atoms with Crippen LogP contribution in [0.25, 0.3) is 0 Å². The molecular formula is C16H15FN6O2. The lowest BCUT2D eigenvalue weighted by Crippen LogP contribution is -2.19. The van der Waals surface area contributed by atoms with Gasteiger partial charge in [-0.2, -0.15) is 5.10 Å². The molecule has 0 atom stereocenters. The van der Waals surface area contributed by atoms with Crippen molar-refractivity contribution in [3.63, 3.8) is 0 Å². The molecule has 3 aromatic heterocycles. The molecule has 0 radical (unpaired) electrons. The molecule has 3 rings (SSSR count). The molecule has 0 fully saturated rings. The predicted molar refractivity (Wildman–Crippen MR) is 89.3 cm³/mol. The maximum atomic E-state index is 12.8. The van der Waals surface area contributed by atoms with Gasteiger partial charge in [0.1, 0.15) is 23.1 Å². The summed E-state index contributed by atoms with van der Waals surface area (Å²) in [6.45, 7) is 1.78. The number of ether oxygens (including phenoxy) is 1. The van der Waals surface area contributed by atoms with Gasteiger partial charge in [0.05, 0.1) is 12.4 Å². The van der Waals surface area contributed by atoms with Gasteiger partial charge in [-0.3, -0.25) is 10.00 Å². The van der Waals surface area contributed by atoms with Gasteiger partial charge in [0.15, 0.2) is 0 Å². The first kappa shape index (κ1) is 16.4. The molecule has 0 aliphatic carbocycles. The van der Waals surface area contributed by atoms with Crippen LogP contribution >= 0.6 is 0 Å². The summed E-state index contributed by atoms with van der Waals surface area (Å²) in [6.07, 6.45) is 1.85. The lowest BCUT2D eigenvalue weighted by molar-refractivity contribution is 0.213. The number of halogens is 1. The Morgan fingerprint density at radius 2 is 2.08 bits per heavy atom. The highest BCUT2D eigenvalue weighted by molar-refractivity contribution is 5.85. The summed E-state index contributed by atoms with van der Waals surface area (Å²) in [4.78, 5) is 20.0. The van der Waals surface area contributed by atoms with Crippen molar-refractivity contribution < 1.29 is 13.9 Å².